The third-order valence-electron chi connectivity index (χ3n) is 11.2. The van der Waals surface area contributed by atoms with E-state index in [4.69, 9.17) is 19.4 Å². The SMILES string of the molecule is CC1(C)c2ccccc2-c2cc3c(ccc4cc(-c5nc(-c6cccc(-c7cccnc7)c6)nc(-c6ccc7c(c6)oc6ccccc67)n5)ccc43)cc21. The van der Waals surface area contributed by atoms with Gasteiger partial charge in [-0.1, -0.05) is 111 Å². The van der Waals surface area contributed by atoms with Gasteiger partial charge in [-0.25, -0.2) is 15.0 Å². The van der Waals surface area contributed by atoms with Crippen LogP contribution in [0.3, 0.4) is 0 Å². The van der Waals surface area contributed by atoms with Crippen molar-refractivity contribution in [1.29, 1.82) is 0 Å². The predicted octanol–water partition coefficient (Wildman–Crippen LogP) is 12.4. The second kappa shape index (κ2) is 11.5. The van der Waals surface area contributed by atoms with E-state index < -0.39 is 0 Å². The molecule has 0 bridgehead atoms. The van der Waals surface area contributed by atoms with E-state index in [1.165, 1.54) is 38.4 Å². The van der Waals surface area contributed by atoms with Gasteiger partial charge >= 0.3 is 0 Å². The van der Waals surface area contributed by atoms with E-state index >= 15 is 0 Å². The standard InChI is InChI=1S/C49H32N4O/c1-49(2)42-14-5-3-12-37(42)41-27-40-31(25-43(41)49)17-16-30-24-33(18-20-36(30)40)47-51-46(32-10-7-9-29(23-32)35-11-8-22-50-28-35)52-48(53-47)34-19-21-39-38-13-4-6-15-44(38)54-45(39)26-34/h3-28H,1-2H3. The summed E-state index contributed by atoms with van der Waals surface area (Å²) in [7, 11) is 0. The Balaban J connectivity index is 1.08. The number of nitrogens with zero attached hydrogens (tertiary/aromatic N) is 4. The highest BCUT2D eigenvalue weighted by atomic mass is 16.3. The lowest BCUT2D eigenvalue weighted by molar-refractivity contribution is 0.661. The van der Waals surface area contributed by atoms with E-state index in [0.717, 1.165) is 55.1 Å². The Kier molecular flexibility index (Phi) is 6.53. The van der Waals surface area contributed by atoms with Crippen LogP contribution in [0.1, 0.15) is 25.0 Å². The smallest absolute Gasteiger partial charge is 0.164 e. The minimum absolute atomic E-state index is 0.0422. The highest BCUT2D eigenvalue weighted by molar-refractivity contribution is 6.11. The highest BCUT2D eigenvalue weighted by Gasteiger charge is 2.35. The highest BCUT2D eigenvalue weighted by Crippen LogP contribution is 2.50. The molecule has 3 aromatic heterocycles. The number of hydrogen-bond acceptors (Lipinski definition) is 5. The number of furan rings is 1. The largest absolute Gasteiger partial charge is 0.456 e. The van der Waals surface area contributed by atoms with Gasteiger partial charge in [0.05, 0.1) is 0 Å². The normalized spacial score (nSPS) is 13.1. The van der Waals surface area contributed by atoms with Crippen molar-refractivity contribution >= 4 is 43.5 Å². The molecule has 1 aliphatic rings. The number of benzene rings is 7. The molecule has 1 aliphatic carbocycles. The number of rotatable bonds is 4. The summed E-state index contributed by atoms with van der Waals surface area (Å²) in [6.07, 6.45) is 3.66. The Morgan fingerprint density at radius 1 is 0.426 bits per heavy atom. The van der Waals surface area contributed by atoms with Crippen LogP contribution in [0.15, 0.2) is 162 Å². The molecule has 10 aromatic rings. The molecule has 0 spiro atoms. The quantitative estimate of drug-likeness (QED) is 0.172. The van der Waals surface area contributed by atoms with Gasteiger partial charge in [0.15, 0.2) is 17.5 Å². The van der Waals surface area contributed by atoms with Gasteiger partial charge in [0.25, 0.3) is 0 Å². The van der Waals surface area contributed by atoms with Crippen LogP contribution >= 0.6 is 0 Å². The molecule has 0 amide bonds. The molecule has 0 saturated heterocycles. The van der Waals surface area contributed by atoms with Crippen molar-refractivity contribution in [2.45, 2.75) is 19.3 Å². The fourth-order valence-electron chi connectivity index (χ4n) is 8.40. The average molecular weight is 693 g/mol. The summed E-state index contributed by atoms with van der Waals surface area (Å²) in [6, 6.07) is 51.3. The first-order valence-electron chi connectivity index (χ1n) is 18.3. The zero-order valence-electron chi connectivity index (χ0n) is 29.7. The van der Waals surface area contributed by atoms with E-state index in [1.807, 2.05) is 42.6 Å². The first-order chi connectivity index (χ1) is 26.5. The Bertz CT molecular complexity index is 3140. The Labute approximate surface area is 311 Å². The summed E-state index contributed by atoms with van der Waals surface area (Å²) in [5.41, 5.74) is 11.8. The third-order valence-corrected chi connectivity index (χ3v) is 11.2. The molecule has 0 aliphatic heterocycles. The summed E-state index contributed by atoms with van der Waals surface area (Å²) < 4.78 is 6.27. The van der Waals surface area contributed by atoms with Crippen LogP contribution in [0.25, 0.3) is 99.9 Å². The van der Waals surface area contributed by atoms with Gasteiger partial charge in [-0.15, -0.1) is 0 Å². The topological polar surface area (TPSA) is 64.7 Å². The van der Waals surface area contributed by atoms with E-state index in [-0.39, 0.29) is 5.41 Å². The molecular formula is C49H32N4O. The number of aromatic nitrogens is 4. The minimum Gasteiger partial charge on any atom is -0.456 e. The lowest BCUT2D eigenvalue weighted by Crippen LogP contribution is -2.14. The van der Waals surface area contributed by atoms with Crippen molar-refractivity contribution in [3.05, 3.63) is 169 Å². The van der Waals surface area contributed by atoms with Gasteiger partial charge in [0.1, 0.15) is 11.2 Å². The van der Waals surface area contributed by atoms with Gasteiger partial charge in [-0.3, -0.25) is 4.98 Å². The Morgan fingerprint density at radius 3 is 1.91 bits per heavy atom. The molecule has 0 radical (unpaired) electrons. The van der Waals surface area contributed by atoms with Crippen LogP contribution in [-0.2, 0) is 5.41 Å². The summed E-state index contributed by atoms with van der Waals surface area (Å²) in [6.45, 7) is 4.66. The van der Waals surface area contributed by atoms with Gasteiger partial charge in [0, 0.05) is 50.8 Å². The average Bonchev–Trinajstić information content (AvgIpc) is 3.71. The molecule has 54 heavy (non-hydrogen) atoms. The van der Waals surface area contributed by atoms with Crippen molar-refractivity contribution < 1.29 is 4.42 Å². The van der Waals surface area contributed by atoms with Crippen molar-refractivity contribution in [2.24, 2.45) is 0 Å². The molecule has 0 saturated carbocycles. The lowest BCUT2D eigenvalue weighted by Gasteiger charge is -2.21. The second-order valence-corrected chi connectivity index (χ2v) is 14.7. The third kappa shape index (κ3) is 4.72. The summed E-state index contributed by atoms with van der Waals surface area (Å²) >= 11 is 0. The van der Waals surface area contributed by atoms with Crippen molar-refractivity contribution in [3.8, 4) is 56.4 Å². The van der Waals surface area contributed by atoms with E-state index in [0.29, 0.717) is 17.5 Å². The fourth-order valence-corrected chi connectivity index (χ4v) is 8.40. The summed E-state index contributed by atoms with van der Waals surface area (Å²) in [5.74, 6) is 1.79. The van der Waals surface area contributed by atoms with Crippen LogP contribution in [-0.4, -0.2) is 19.9 Å². The number of hydrogen-bond donors (Lipinski definition) is 0. The zero-order chi connectivity index (χ0) is 36.0. The first kappa shape index (κ1) is 30.6. The minimum atomic E-state index is -0.0422. The molecule has 0 fully saturated rings. The van der Waals surface area contributed by atoms with Gasteiger partial charge in [-0.2, -0.15) is 0 Å². The Morgan fingerprint density at radius 2 is 1.09 bits per heavy atom. The first-order valence-corrected chi connectivity index (χ1v) is 18.3. The van der Waals surface area contributed by atoms with Gasteiger partial charge in [0.2, 0.25) is 0 Å². The molecule has 0 unspecified atom stereocenters. The maximum Gasteiger partial charge on any atom is 0.164 e. The summed E-state index contributed by atoms with van der Waals surface area (Å²) in [5, 5.41) is 6.98. The summed E-state index contributed by atoms with van der Waals surface area (Å²) in [4.78, 5) is 19.7. The van der Waals surface area contributed by atoms with E-state index in [1.54, 1.807) is 6.20 Å². The molecule has 0 atom stereocenters. The molecule has 5 heteroatoms. The molecule has 11 rings (SSSR count). The monoisotopic (exact) mass is 692 g/mol. The Hall–Kier alpha value is -6.98. The number of para-hydroxylation sites is 1. The second-order valence-electron chi connectivity index (χ2n) is 14.7. The van der Waals surface area contributed by atoms with E-state index in [9.17, 15) is 0 Å². The molecule has 0 N–H and O–H groups in total. The van der Waals surface area contributed by atoms with Crippen molar-refractivity contribution in [1.82, 2.24) is 19.9 Å². The molecule has 254 valence electrons. The maximum absolute atomic E-state index is 6.27. The van der Waals surface area contributed by atoms with Crippen LogP contribution in [0.4, 0.5) is 0 Å². The fraction of sp³-hybridized carbons (Fsp3) is 0.0612. The molecule has 7 aromatic carbocycles. The van der Waals surface area contributed by atoms with Crippen LogP contribution < -0.4 is 0 Å². The van der Waals surface area contributed by atoms with Crippen molar-refractivity contribution in [2.75, 3.05) is 0 Å². The van der Waals surface area contributed by atoms with E-state index in [2.05, 4.69) is 128 Å². The molecule has 5 nitrogen and oxygen atoms in total. The van der Waals surface area contributed by atoms with Crippen LogP contribution in [0.5, 0.6) is 0 Å². The molecule has 3 heterocycles. The predicted molar refractivity (Wildman–Crippen MR) is 219 cm³/mol. The van der Waals surface area contributed by atoms with Crippen LogP contribution in [0, 0.1) is 0 Å². The number of fused-ring (bicyclic) bond motifs is 9. The maximum atomic E-state index is 6.27. The molecular weight excluding hydrogens is 661 g/mol. The van der Waals surface area contributed by atoms with Gasteiger partial charge < -0.3 is 4.42 Å². The lowest BCUT2D eigenvalue weighted by atomic mass is 9.81. The van der Waals surface area contributed by atoms with Crippen LogP contribution in [0.2, 0.25) is 0 Å². The van der Waals surface area contributed by atoms with Gasteiger partial charge in [-0.05, 0) is 97.9 Å². The van der Waals surface area contributed by atoms with Crippen molar-refractivity contribution in [3.63, 3.8) is 0 Å². The zero-order valence-corrected chi connectivity index (χ0v) is 29.7. The number of pyridine rings is 1.